The van der Waals surface area contributed by atoms with Crippen molar-refractivity contribution in [1.29, 1.82) is 0 Å². The third-order valence-electron chi connectivity index (χ3n) is 2.05. The molecule has 1 saturated heterocycles. The second-order valence-corrected chi connectivity index (χ2v) is 2.90. The number of nitrogens with zero attached hydrogens (tertiary/aromatic N) is 1. The van der Waals surface area contributed by atoms with Crippen LogP contribution in [0.1, 0.15) is 12.8 Å². The molecular weight excluding hydrogens is 142 g/mol. The van der Waals surface area contributed by atoms with Gasteiger partial charge in [0.05, 0.1) is 7.11 Å². The summed E-state index contributed by atoms with van der Waals surface area (Å²) in [7, 11) is 1.42. The zero-order chi connectivity index (χ0) is 8.27. The van der Waals surface area contributed by atoms with Crippen molar-refractivity contribution in [2.45, 2.75) is 12.8 Å². The summed E-state index contributed by atoms with van der Waals surface area (Å²) in [5.74, 6) is 0.510. The molecule has 3 heteroatoms. The van der Waals surface area contributed by atoms with E-state index in [0.29, 0.717) is 5.92 Å². The van der Waals surface area contributed by atoms with Crippen molar-refractivity contribution in [2.24, 2.45) is 5.92 Å². The van der Waals surface area contributed by atoms with Crippen molar-refractivity contribution in [3.8, 4) is 0 Å². The average molecular weight is 156 g/mol. The lowest BCUT2D eigenvalue weighted by Crippen LogP contribution is -2.37. The molecule has 0 unspecified atom stereocenters. The molecule has 1 heterocycles. The van der Waals surface area contributed by atoms with Gasteiger partial charge in [0.15, 0.2) is 0 Å². The predicted molar refractivity (Wildman–Crippen MR) is 42.1 cm³/mol. The standard InChI is InChI=1S/C8H14NO2/c1-7-3-5-9(6-4-7)8(10)11-2/h7H,1,3-6H2,2H3. The van der Waals surface area contributed by atoms with Crippen LogP contribution in [-0.4, -0.2) is 31.2 Å². The van der Waals surface area contributed by atoms with Gasteiger partial charge in [-0.3, -0.25) is 0 Å². The molecule has 63 valence electrons. The first-order chi connectivity index (χ1) is 5.24. The van der Waals surface area contributed by atoms with Gasteiger partial charge in [0, 0.05) is 13.1 Å². The number of amides is 1. The van der Waals surface area contributed by atoms with E-state index in [1.54, 1.807) is 4.90 Å². The molecule has 1 aliphatic rings. The molecule has 1 fully saturated rings. The van der Waals surface area contributed by atoms with Crippen LogP contribution >= 0.6 is 0 Å². The normalized spacial score (nSPS) is 20.0. The van der Waals surface area contributed by atoms with Crippen molar-refractivity contribution >= 4 is 6.09 Å². The lowest BCUT2D eigenvalue weighted by molar-refractivity contribution is 0.110. The first kappa shape index (κ1) is 8.37. The highest BCUT2D eigenvalue weighted by Crippen LogP contribution is 2.15. The molecule has 1 amide bonds. The number of rotatable bonds is 0. The third kappa shape index (κ3) is 2.10. The monoisotopic (exact) mass is 156 g/mol. The summed E-state index contributed by atoms with van der Waals surface area (Å²) in [4.78, 5) is 12.7. The molecule has 0 spiro atoms. The largest absolute Gasteiger partial charge is 0.453 e. The third-order valence-corrected chi connectivity index (χ3v) is 2.05. The summed E-state index contributed by atoms with van der Waals surface area (Å²) in [5, 5.41) is 0. The van der Waals surface area contributed by atoms with Gasteiger partial charge >= 0.3 is 6.09 Å². The molecule has 0 atom stereocenters. The van der Waals surface area contributed by atoms with E-state index in [4.69, 9.17) is 0 Å². The van der Waals surface area contributed by atoms with Crippen LogP contribution in [0.5, 0.6) is 0 Å². The molecule has 1 radical (unpaired) electrons. The first-order valence-corrected chi connectivity index (χ1v) is 3.90. The number of hydrogen-bond donors (Lipinski definition) is 0. The SMILES string of the molecule is [CH2]C1CCN(C(=O)OC)CC1. The van der Waals surface area contributed by atoms with E-state index < -0.39 is 0 Å². The summed E-state index contributed by atoms with van der Waals surface area (Å²) < 4.78 is 4.59. The maximum atomic E-state index is 11.0. The fraction of sp³-hybridized carbons (Fsp3) is 0.750. The minimum absolute atomic E-state index is 0.211. The van der Waals surface area contributed by atoms with E-state index in [2.05, 4.69) is 11.7 Å². The van der Waals surface area contributed by atoms with Gasteiger partial charge in [-0.25, -0.2) is 4.79 Å². The number of carbonyl (C=O) groups excluding carboxylic acids is 1. The Labute approximate surface area is 67.3 Å². The van der Waals surface area contributed by atoms with Crippen LogP contribution in [-0.2, 0) is 4.74 Å². The molecule has 1 aliphatic heterocycles. The number of hydrogen-bond acceptors (Lipinski definition) is 2. The Kier molecular flexibility index (Phi) is 2.74. The molecule has 0 bridgehead atoms. The second kappa shape index (κ2) is 3.60. The smallest absolute Gasteiger partial charge is 0.409 e. The number of carbonyl (C=O) groups is 1. The van der Waals surface area contributed by atoms with Gasteiger partial charge in [-0.1, -0.05) is 6.92 Å². The molecule has 0 aromatic rings. The molecule has 3 nitrogen and oxygen atoms in total. The maximum absolute atomic E-state index is 11.0. The predicted octanol–water partition coefficient (Wildman–Crippen LogP) is 1.30. The number of piperidine rings is 1. The van der Waals surface area contributed by atoms with Crippen LogP contribution in [0.15, 0.2) is 0 Å². The number of ether oxygens (including phenoxy) is 1. The molecule has 0 saturated carbocycles. The molecule has 0 aromatic heterocycles. The van der Waals surface area contributed by atoms with Crippen molar-refractivity contribution in [3.05, 3.63) is 6.92 Å². The molecule has 1 rings (SSSR count). The molecule has 11 heavy (non-hydrogen) atoms. The van der Waals surface area contributed by atoms with Crippen LogP contribution in [0.2, 0.25) is 0 Å². The quantitative estimate of drug-likeness (QED) is 0.529. The van der Waals surface area contributed by atoms with E-state index >= 15 is 0 Å². The molecule has 0 aliphatic carbocycles. The van der Waals surface area contributed by atoms with Gasteiger partial charge in [-0.15, -0.1) is 0 Å². The summed E-state index contributed by atoms with van der Waals surface area (Å²) in [6.07, 6.45) is 1.78. The van der Waals surface area contributed by atoms with Crippen LogP contribution in [0.3, 0.4) is 0 Å². The number of methoxy groups -OCH3 is 1. The zero-order valence-electron chi connectivity index (χ0n) is 6.88. The lowest BCUT2D eigenvalue weighted by atomic mass is 10.00. The van der Waals surface area contributed by atoms with Gasteiger partial charge in [0.1, 0.15) is 0 Å². The Morgan fingerprint density at radius 2 is 2.09 bits per heavy atom. The fourth-order valence-corrected chi connectivity index (χ4v) is 1.24. The lowest BCUT2D eigenvalue weighted by Gasteiger charge is -2.28. The van der Waals surface area contributed by atoms with Gasteiger partial charge in [-0.2, -0.15) is 0 Å². The number of likely N-dealkylation sites (tertiary alicyclic amines) is 1. The van der Waals surface area contributed by atoms with Crippen molar-refractivity contribution in [2.75, 3.05) is 20.2 Å². The Bertz CT molecular complexity index is 139. The molecular formula is C8H14NO2. The van der Waals surface area contributed by atoms with Gasteiger partial charge in [0.2, 0.25) is 0 Å². The van der Waals surface area contributed by atoms with E-state index in [1.807, 2.05) is 0 Å². The van der Waals surface area contributed by atoms with E-state index in [0.717, 1.165) is 25.9 Å². The highest BCUT2D eigenvalue weighted by Gasteiger charge is 2.19. The summed E-state index contributed by atoms with van der Waals surface area (Å²) in [5.41, 5.74) is 0. The summed E-state index contributed by atoms with van der Waals surface area (Å²) in [6, 6.07) is 0. The van der Waals surface area contributed by atoms with Gasteiger partial charge in [-0.05, 0) is 18.8 Å². The second-order valence-electron chi connectivity index (χ2n) is 2.90. The first-order valence-electron chi connectivity index (χ1n) is 3.90. The average Bonchev–Trinajstić information content (AvgIpc) is 2.05. The Hall–Kier alpha value is -0.730. The molecule has 0 aromatic carbocycles. The Morgan fingerprint density at radius 3 is 2.55 bits per heavy atom. The topological polar surface area (TPSA) is 29.5 Å². The summed E-state index contributed by atoms with van der Waals surface area (Å²) >= 11 is 0. The van der Waals surface area contributed by atoms with Crippen LogP contribution in [0.4, 0.5) is 4.79 Å². The zero-order valence-corrected chi connectivity index (χ0v) is 6.88. The maximum Gasteiger partial charge on any atom is 0.409 e. The van der Waals surface area contributed by atoms with E-state index in [9.17, 15) is 4.79 Å². The fourth-order valence-electron chi connectivity index (χ4n) is 1.24. The highest BCUT2D eigenvalue weighted by atomic mass is 16.5. The van der Waals surface area contributed by atoms with Crippen molar-refractivity contribution < 1.29 is 9.53 Å². The minimum atomic E-state index is -0.211. The van der Waals surface area contributed by atoms with Crippen molar-refractivity contribution in [3.63, 3.8) is 0 Å². The highest BCUT2D eigenvalue weighted by molar-refractivity contribution is 5.67. The van der Waals surface area contributed by atoms with Crippen LogP contribution in [0, 0.1) is 12.8 Å². The minimum Gasteiger partial charge on any atom is -0.453 e. The van der Waals surface area contributed by atoms with Crippen LogP contribution in [0.25, 0.3) is 0 Å². The Morgan fingerprint density at radius 1 is 1.55 bits per heavy atom. The van der Waals surface area contributed by atoms with Gasteiger partial charge in [0.25, 0.3) is 0 Å². The van der Waals surface area contributed by atoms with Crippen LogP contribution < -0.4 is 0 Å². The van der Waals surface area contributed by atoms with E-state index in [-0.39, 0.29) is 6.09 Å². The van der Waals surface area contributed by atoms with Crippen molar-refractivity contribution in [1.82, 2.24) is 4.90 Å². The summed E-state index contributed by atoms with van der Waals surface area (Å²) in [6.45, 7) is 5.52. The Balaban J connectivity index is 2.33. The van der Waals surface area contributed by atoms with Gasteiger partial charge < -0.3 is 9.64 Å². The molecule has 0 N–H and O–H groups in total. The van der Waals surface area contributed by atoms with E-state index in [1.165, 1.54) is 7.11 Å².